The maximum atomic E-state index is 13.3. The highest BCUT2D eigenvalue weighted by molar-refractivity contribution is 6.05. The van der Waals surface area contributed by atoms with Gasteiger partial charge in [0.25, 0.3) is 11.8 Å². The second-order valence-electron chi connectivity index (χ2n) is 8.50. The lowest BCUT2D eigenvalue weighted by Gasteiger charge is -2.42. The van der Waals surface area contributed by atoms with E-state index in [1.165, 1.54) is 24.3 Å². The monoisotopic (exact) mass is 469 g/mol. The first kappa shape index (κ1) is 23.7. The Morgan fingerprint density at radius 3 is 2.65 bits per heavy atom. The molecule has 4 rings (SSSR count). The maximum absolute atomic E-state index is 13.3. The largest absolute Gasteiger partial charge is 0.490 e. The van der Waals surface area contributed by atoms with Crippen molar-refractivity contribution in [2.24, 2.45) is 0 Å². The van der Waals surface area contributed by atoms with Crippen LogP contribution in [0, 0.1) is 5.82 Å². The minimum atomic E-state index is -0.427. The van der Waals surface area contributed by atoms with E-state index in [1.807, 2.05) is 6.92 Å². The van der Waals surface area contributed by atoms with E-state index >= 15 is 0 Å². The van der Waals surface area contributed by atoms with Crippen LogP contribution in [0.25, 0.3) is 0 Å². The molecule has 0 unspecified atom stereocenters. The number of benzene rings is 2. The van der Waals surface area contributed by atoms with Gasteiger partial charge in [-0.2, -0.15) is 0 Å². The Labute approximate surface area is 197 Å². The van der Waals surface area contributed by atoms with E-state index in [-0.39, 0.29) is 43.1 Å². The van der Waals surface area contributed by atoms with Gasteiger partial charge in [-0.05, 0) is 62.2 Å². The van der Waals surface area contributed by atoms with Crippen LogP contribution >= 0.6 is 0 Å². The number of anilines is 1. The lowest BCUT2D eigenvalue weighted by molar-refractivity contribution is -0.133. The van der Waals surface area contributed by atoms with Crippen LogP contribution in [0.4, 0.5) is 10.1 Å². The lowest BCUT2D eigenvalue weighted by Crippen LogP contribution is -2.54. The van der Waals surface area contributed by atoms with E-state index in [0.29, 0.717) is 42.0 Å². The smallest absolute Gasteiger partial charge is 0.257 e. The van der Waals surface area contributed by atoms with Crippen LogP contribution < -0.4 is 15.4 Å². The van der Waals surface area contributed by atoms with Crippen molar-refractivity contribution >= 4 is 23.4 Å². The number of likely N-dealkylation sites (N-methyl/N-ethyl adjacent to an activating group) is 1. The first-order valence-corrected chi connectivity index (χ1v) is 11.4. The molecule has 0 bridgehead atoms. The topological polar surface area (TPSA) is 97.0 Å². The number of rotatable bonds is 5. The summed E-state index contributed by atoms with van der Waals surface area (Å²) < 4.78 is 25.2. The summed E-state index contributed by atoms with van der Waals surface area (Å²) >= 11 is 0. The van der Waals surface area contributed by atoms with Gasteiger partial charge in [-0.25, -0.2) is 4.39 Å². The van der Waals surface area contributed by atoms with Gasteiger partial charge < -0.3 is 25.0 Å². The molecule has 0 saturated carbocycles. The van der Waals surface area contributed by atoms with Crippen LogP contribution in [-0.2, 0) is 9.53 Å². The van der Waals surface area contributed by atoms with E-state index in [1.54, 1.807) is 30.1 Å². The number of hydrogen-bond acceptors (Lipinski definition) is 5. The molecule has 1 saturated heterocycles. The number of nitrogens with zero attached hydrogens (tertiary/aromatic N) is 1. The SMILES string of the molecule is CCNC(=O)C[C@@H]1CC[C@H]2[C@H](COc3ccc(NC(=O)c4ccc(F)cc4)cc3C(=O)N2C)O1. The molecule has 9 heteroatoms. The number of ether oxygens (including phenoxy) is 2. The summed E-state index contributed by atoms with van der Waals surface area (Å²) in [5, 5.41) is 5.53. The van der Waals surface area contributed by atoms with Crippen LogP contribution in [0.5, 0.6) is 5.75 Å². The molecule has 2 heterocycles. The summed E-state index contributed by atoms with van der Waals surface area (Å²) in [5.74, 6) is -0.740. The van der Waals surface area contributed by atoms with E-state index < -0.39 is 11.7 Å². The van der Waals surface area contributed by atoms with E-state index in [2.05, 4.69) is 10.6 Å². The van der Waals surface area contributed by atoms with Crippen LogP contribution in [0.3, 0.4) is 0 Å². The Kier molecular flexibility index (Phi) is 7.12. The minimum Gasteiger partial charge on any atom is -0.490 e. The molecule has 3 atom stereocenters. The molecule has 1 fully saturated rings. The third-order valence-corrected chi connectivity index (χ3v) is 6.16. The molecule has 2 aromatic rings. The molecule has 34 heavy (non-hydrogen) atoms. The zero-order valence-electron chi connectivity index (χ0n) is 19.2. The predicted octanol–water partition coefficient (Wildman–Crippen LogP) is 2.98. The fourth-order valence-corrected chi connectivity index (χ4v) is 4.39. The van der Waals surface area contributed by atoms with Crippen molar-refractivity contribution < 1.29 is 28.2 Å². The molecule has 0 radical (unpaired) electrons. The summed E-state index contributed by atoms with van der Waals surface area (Å²) in [5.41, 5.74) is 1.07. The Balaban J connectivity index is 1.49. The summed E-state index contributed by atoms with van der Waals surface area (Å²) in [6.45, 7) is 2.68. The fraction of sp³-hybridized carbons (Fsp3) is 0.400. The van der Waals surface area contributed by atoms with Gasteiger partial charge in [-0.3, -0.25) is 14.4 Å². The Morgan fingerprint density at radius 2 is 1.91 bits per heavy atom. The van der Waals surface area contributed by atoms with Crippen LogP contribution in [0.15, 0.2) is 42.5 Å². The average molecular weight is 470 g/mol. The summed E-state index contributed by atoms with van der Waals surface area (Å²) in [6.07, 6.45) is 1.06. The van der Waals surface area contributed by atoms with Gasteiger partial charge in [0.1, 0.15) is 24.3 Å². The Bertz CT molecular complexity index is 1070. The zero-order chi connectivity index (χ0) is 24.2. The van der Waals surface area contributed by atoms with Crippen molar-refractivity contribution in [3.63, 3.8) is 0 Å². The third-order valence-electron chi connectivity index (χ3n) is 6.16. The van der Waals surface area contributed by atoms with E-state index in [9.17, 15) is 18.8 Å². The molecule has 0 aromatic heterocycles. The summed E-state index contributed by atoms with van der Waals surface area (Å²) in [4.78, 5) is 39.4. The summed E-state index contributed by atoms with van der Waals surface area (Å²) in [7, 11) is 1.73. The highest BCUT2D eigenvalue weighted by atomic mass is 19.1. The molecular weight excluding hydrogens is 441 g/mol. The Morgan fingerprint density at radius 1 is 1.15 bits per heavy atom. The van der Waals surface area contributed by atoms with Crippen molar-refractivity contribution in [1.82, 2.24) is 10.2 Å². The first-order valence-electron chi connectivity index (χ1n) is 11.4. The van der Waals surface area contributed by atoms with E-state index in [4.69, 9.17) is 9.47 Å². The molecule has 2 aliphatic rings. The maximum Gasteiger partial charge on any atom is 0.257 e. The van der Waals surface area contributed by atoms with Crippen molar-refractivity contribution in [2.75, 3.05) is 25.5 Å². The van der Waals surface area contributed by atoms with Gasteiger partial charge in [-0.15, -0.1) is 0 Å². The van der Waals surface area contributed by atoms with Crippen molar-refractivity contribution in [3.05, 3.63) is 59.4 Å². The van der Waals surface area contributed by atoms with Crippen LogP contribution in [0.1, 0.15) is 46.9 Å². The first-order chi connectivity index (χ1) is 16.4. The molecule has 8 nitrogen and oxygen atoms in total. The third kappa shape index (κ3) is 5.20. The summed E-state index contributed by atoms with van der Waals surface area (Å²) in [6, 6.07) is 9.88. The normalized spacial score (nSPS) is 21.9. The van der Waals surface area contributed by atoms with Crippen molar-refractivity contribution in [1.29, 1.82) is 0 Å². The number of amides is 3. The number of carbonyl (C=O) groups is 3. The van der Waals surface area contributed by atoms with Gasteiger partial charge in [0, 0.05) is 24.8 Å². The Hall–Kier alpha value is -3.46. The van der Waals surface area contributed by atoms with Crippen LogP contribution in [-0.4, -0.2) is 61.1 Å². The van der Waals surface area contributed by atoms with Gasteiger partial charge in [0.2, 0.25) is 5.91 Å². The number of fused-ring (bicyclic) bond motifs is 2. The van der Waals surface area contributed by atoms with E-state index in [0.717, 1.165) is 0 Å². The second-order valence-corrected chi connectivity index (χ2v) is 8.50. The molecule has 2 N–H and O–H groups in total. The molecule has 0 aliphatic carbocycles. The molecule has 3 amide bonds. The van der Waals surface area contributed by atoms with Crippen LogP contribution in [0.2, 0.25) is 0 Å². The standard InChI is InChI=1S/C25H28FN3O5/c1-3-27-23(30)13-18-9-10-20-22(34-18)14-33-21-11-8-17(12-19(21)25(32)29(20)2)28-24(31)15-4-6-16(26)7-5-15/h4-8,11-12,18,20,22H,3,9-10,13-14H2,1-2H3,(H,27,30)(H,28,31)/t18-,20-,22-/m0/s1. The molecule has 0 spiro atoms. The number of halogens is 1. The van der Waals surface area contributed by atoms with Crippen molar-refractivity contribution in [3.8, 4) is 5.75 Å². The highest BCUT2D eigenvalue weighted by Crippen LogP contribution is 2.32. The molecule has 2 aromatic carbocycles. The molecule has 2 aliphatic heterocycles. The van der Waals surface area contributed by atoms with Gasteiger partial charge in [0.15, 0.2) is 0 Å². The van der Waals surface area contributed by atoms with Crippen molar-refractivity contribution in [2.45, 2.75) is 44.4 Å². The fourth-order valence-electron chi connectivity index (χ4n) is 4.39. The highest BCUT2D eigenvalue weighted by Gasteiger charge is 2.39. The minimum absolute atomic E-state index is 0.0531. The average Bonchev–Trinajstić information content (AvgIpc) is 2.82. The van der Waals surface area contributed by atoms with Gasteiger partial charge in [-0.1, -0.05) is 0 Å². The van der Waals surface area contributed by atoms with Gasteiger partial charge >= 0.3 is 0 Å². The zero-order valence-corrected chi connectivity index (χ0v) is 19.2. The lowest BCUT2D eigenvalue weighted by atomic mass is 9.94. The molecular formula is C25H28FN3O5. The quantitative estimate of drug-likeness (QED) is 0.702. The second kappa shape index (κ2) is 10.2. The molecule has 180 valence electrons. The van der Waals surface area contributed by atoms with Gasteiger partial charge in [0.05, 0.1) is 24.1 Å². The number of nitrogens with one attached hydrogen (secondary N) is 2. The predicted molar refractivity (Wildman–Crippen MR) is 123 cm³/mol. The number of carbonyl (C=O) groups excluding carboxylic acids is 3. The number of hydrogen-bond donors (Lipinski definition) is 2.